The molecule has 0 unspecified atom stereocenters. The number of carbonyl (C=O) groups excluding carboxylic acids is 1. The SMILES string of the molecule is CC(C)S(=O)(=O)COC(=O)NC1CCCCC1. The van der Waals surface area contributed by atoms with Crippen LogP contribution in [0.4, 0.5) is 4.79 Å². The summed E-state index contributed by atoms with van der Waals surface area (Å²) in [6, 6.07) is 0.137. The maximum absolute atomic E-state index is 11.4. The number of alkyl carbamates (subject to hydrolysis) is 1. The highest BCUT2D eigenvalue weighted by Crippen LogP contribution is 2.17. The number of carbonyl (C=O) groups is 1. The Balaban J connectivity index is 2.30. The first-order valence-electron chi connectivity index (χ1n) is 6.06. The first kappa shape index (κ1) is 14.3. The van der Waals surface area contributed by atoms with Crippen LogP contribution in [-0.4, -0.2) is 31.7 Å². The minimum atomic E-state index is -3.32. The van der Waals surface area contributed by atoms with Gasteiger partial charge in [-0.3, -0.25) is 0 Å². The summed E-state index contributed by atoms with van der Waals surface area (Å²) in [7, 11) is -3.32. The second kappa shape index (κ2) is 6.23. The monoisotopic (exact) mass is 263 g/mol. The molecule has 0 spiro atoms. The molecule has 0 saturated heterocycles. The van der Waals surface area contributed by atoms with Gasteiger partial charge < -0.3 is 10.1 Å². The standard InChI is InChI=1S/C11H21NO4S/c1-9(2)17(14,15)8-16-11(13)12-10-6-4-3-5-7-10/h9-10H,3-8H2,1-2H3,(H,12,13). The van der Waals surface area contributed by atoms with Gasteiger partial charge >= 0.3 is 6.09 Å². The van der Waals surface area contributed by atoms with E-state index in [-0.39, 0.29) is 6.04 Å². The van der Waals surface area contributed by atoms with Gasteiger partial charge in [-0.1, -0.05) is 19.3 Å². The molecule has 1 amide bonds. The predicted molar refractivity (Wildman–Crippen MR) is 65.4 cm³/mol. The van der Waals surface area contributed by atoms with E-state index in [1.54, 1.807) is 13.8 Å². The van der Waals surface area contributed by atoms with Crippen LogP contribution in [0.2, 0.25) is 0 Å². The Hall–Kier alpha value is -0.780. The van der Waals surface area contributed by atoms with Crippen LogP contribution in [0.5, 0.6) is 0 Å². The van der Waals surface area contributed by atoms with Gasteiger partial charge in [-0.15, -0.1) is 0 Å². The number of hydrogen-bond acceptors (Lipinski definition) is 4. The summed E-state index contributed by atoms with van der Waals surface area (Å²) >= 11 is 0. The molecule has 0 aromatic carbocycles. The number of rotatable bonds is 4. The van der Waals surface area contributed by atoms with Crippen molar-refractivity contribution in [3.8, 4) is 0 Å². The van der Waals surface area contributed by atoms with Gasteiger partial charge in [0.1, 0.15) is 0 Å². The highest BCUT2D eigenvalue weighted by Gasteiger charge is 2.20. The van der Waals surface area contributed by atoms with Gasteiger partial charge in [0.15, 0.2) is 15.8 Å². The molecule has 1 rings (SSSR count). The zero-order chi connectivity index (χ0) is 12.9. The Morgan fingerprint density at radius 3 is 2.41 bits per heavy atom. The average Bonchev–Trinajstić information content (AvgIpc) is 2.28. The average molecular weight is 263 g/mol. The number of nitrogens with one attached hydrogen (secondary N) is 1. The summed E-state index contributed by atoms with van der Waals surface area (Å²) in [6.45, 7) is 3.13. The Labute approximate surface area is 103 Å². The predicted octanol–water partition coefficient (Wildman–Crippen LogP) is 1.83. The molecule has 0 bridgehead atoms. The van der Waals surface area contributed by atoms with Gasteiger partial charge in [0.05, 0.1) is 5.25 Å². The van der Waals surface area contributed by atoms with Crippen LogP contribution in [-0.2, 0) is 14.6 Å². The van der Waals surface area contributed by atoms with E-state index in [2.05, 4.69) is 5.32 Å². The van der Waals surface area contributed by atoms with Crippen LogP contribution in [0.1, 0.15) is 46.0 Å². The molecule has 0 aromatic rings. The summed E-state index contributed by atoms with van der Waals surface area (Å²) in [5.74, 6) is -0.538. The van der Waals surface area contributed by atoms with E-state index in [0.29, 0.717) is 0 Å². The molecule has 6 heteroatoms. The molecule has 1 N–H and O–H groups in total. The quantitative estimate of drug-likeness (QED) is 0.839. The van der Waals surface area contributed by atoms with E-state index in [4.69, 9.17) is 4.74 Å². The van der Waals surface area contributed by atoms with Gasteiger partial charge in [-0.05, 0) is 26.7 Å². The van der Waals surface area contributed by atoms with Gasteiger partial charge in [0.25, 0.3) is 0 Å². The Morgan fingerprint density at radius 2 is 1.88 bits per heavy atom. The topological polar surface area (TPSA) is 72.5 Å². The fourth-order valence-corrected chi connectivity index (χ4v) is 2.27. The van der Waals surface area contributed by atoms with Gasteiger partial charge in [0.2, 0.25) is 0 Å². The number of hydrogen-bond donors (Lipinski definition) is 1. The number of amides is 1. The Bertz CT molecular complexity index is 344. The third-order valence-corrected chi connectivity index (χ3v) is 4.88. The van der Waals surface area contributed by atoms with Gasteiger partial charge in [-0.2, -0.15) is 0 Å². The number of ether oxygens (including phenoxy) is 1. The third-order valence-electron chi connectivity index (χ3n) is 3.00. The van der Waals surface area contributed by atoms with E-state index >= 15 is 0 Å². The third kappa shape index (κ3) is 4.93. The van der Waals surface area contributed by atoms with Crippen molar-refractivity contribution in [2.24, 2.45) is 0 Å². The summed E-state index contributed by atoms with van der Waals surface area (Å²) in [5.41, 5.74) is 0. The van der Waals surface area contributed by atoms with E-state index in [1.165, 1.54) is 6.42 Å². The highest BCUT2D eigenvalue weighted by atomic mass is 32.2. The molecule has 0 heterocycles. The second-order valence-electron chi connectivity index (χ2n) is 4.74. The first-order valence-corrected chi connectivity index (χ1v) is 7.78. The first-order chi connectivity index (χ1) is 7.92. The lowest BCUT2D eigenvalue weighted by Gasteiger charge is -2.22. The summed E-state index contributed by atoms with van der Waals surface area (Å²) in [5, 5.41) is 2.18. The molecule has 1 saturated carbocycles. The van der Waals surface area contributed by atoms with E-state index < -0.39 is 27.1 Å². The molecule has 17 heavy (non-hydrogen) atoms. The van der Waals surface area contributed by atoms with E-state index in [9.17, 15) is 13.2 Å². The fraction of sp³-hybridized carbons (Fsp3) is 0.909. The minimum absolute atomic E-state index is 0.137. The van der Waals surface area contributed by atoms with Crippen molar-refractivity contribution in [2.45, 2.75) is 57.2 Å². The zero-order valence-electron chi connectivity index (χ0n) is 10.4. The second-order valence-corrected chi connectivity index (χ2v) is 7.24. The normalized spacial score (nSPS) is 18.1. The lowest BCUT2D eigenvalue weighted by atomic mass is 9.96. The van der Waals surface area contributed by atoms with Crippen molar-refractivity contribution >= 4 is 15.9 Å². The summed E-state index contributed by atoms with van der Waals surface area (Å²) in [6.07, 6.45) is 4.69. The molecule has 0 atom stereocenters. The molecule has 0 radical (unpaired) electrons. The fourth-order valence-electron chi connectivity index (χ4n) is 1.73. The van der Waals surface area contributed by atoms with Crippen LogP contribution < -0.4 is 5.32 Å². The van der Waals surface area contributed by atoms with Crippen molar-refractivity contribution in [2.75, 3.05) is 5.94 Å². The van der Waals surface area contributed by atoms with Gasteiger partial charge in [0, 0.05) is 6.04 Å². The van der Waals surface area contributed by atoms with Crippen LogP contribution >= 0.6 is 0 Å². The van der Waals surface area contributed by atoms with Crippen LogP contribution in [0.3, 0.4) is 0 Å². The molecule has 0 aliphatic heterocycles. The van der Waals surface area contributed by atoms with Crippen molar-refractivity contribution in [1.29, 1.82) is 0 Å². The Kier molecular flexibility index (Phi) is 5.24. The van der Waals surface area contributed by atoms with Crippen LogP contribution in [0, 0.1) is 0 Å². The Morgan fingerprint density at radius 1 is 1.29 bits per heavy atom. The molecular formula is C11H21NO4S. The number of sulfone groups is 1. The van der Waals surface area contributed by atoms with Crippen molar-refractivity contribution in [3.05, 3.63) is 0 Å². The van der Waals surface area contributed by atoms with E-state index in [1.807, 2.05) is 0 Å². The highest BCUT2D eigenvalue weighted by molar-refractivity contribution is 7.91. The lowest BCUT2D eigenvalue weighted by molar-refractivity contribution is 0.156. The van der Waals surface area contributed by atoms with Crippen molar-refractivity contribution in [1.82, 2.24) is 5.32 Å². The lowest BCUT2D eigenvalue weighted by Crippen LogP contribution is -2.37. The smallest absolute Gasteiger partial charge is 0.408 e. The maximum atomic E-state index is 11.4. The molecule has 5 nitrogen and oxygen atoms in total. The zero-order valence-corrected chi connectivity index (χ0v) is 11.3. The van der Waals surface area contributed by atoms with Crippen LogP contribution in [0.25, 0.3) is 0 Å². The van der Waals surface area contributed by atoms with E-state index in [0.717, 1.165) is 25.7 Å². The maximum Gasteiger partial charge on any atom is 0.408 e. The molecule has 0 aromatic heterocycles. The molecule has 1 fully saturated rings. The van der Waals surface area contributed by atoms with Gasteiger partial charge in [-0.25, -0.2) is 13.2 Å². The summed E-state index contributed by atoms with van der Waals surface area (Å²) in [4.78, 5) is 11.4. The van der Waals surface area contributed by atoms with Crippen molar-refractivity contribution in [3.63, 3.8) is 0 Å². The molecule has 1 aliphatic rings. The van der Waals surface area contributed by atoms with Crippen molar-refractivity contribution < 1.29 is 17.9 Å². The largest absolute Gasteiger partial charge is 0.433 e. The van der Waals surface area contributed by atoms with Crippen LogP contribution in [0.15, 0.2) is 0 Å². The molecule has 100 valence electrons. The minimum Gasteiger partial charge on any atom is -0.433 e. The summed E-state index contributed by atoms with van der Waals surface area (Å²) < 4.78 is 27.6. The molecule has 1 aliphatic carbocycles. The molecular weight excluding hydrogens is 242 g/mol.